The number of aromatic nitrogens is 4. The lowest BCUT2D eigenvalue weighted by Crippen LogP contribution is -2.19. The van der Waals surface area contributed by atoms with Crippen LogP contribution in [0.4, 0.5) is 0 Å². The lowest BCUT2D eigenvalue weighted by atomic mass is 9.93. The summed E-state index contributed by atoms with van der Waals surface area (Å²) < 4.78 is 9.00. The highest BCUT2D eigenvalue weighted by molar-refractivity contribution is 5.65. The highest BCUT2D eigenvalue weighted by atomic mass is 16.5. The molecule has 6 nitrogen and oxygen atoms in total. The zero-order valence-electron chi connectivity index (χ0n) is 17.2. The molecule has 0 unspecified atom stereocenters. The first kappa shape index (κ1) is 19.6. The van der Waals surface area contributed by atoms with Crippen LogP contribution in [0, 0.1) is 12.8 Å². The molecule has 4 rings (SSSR count). The van der Waals surface area contributed by atoms with Gasteiger partial charge in [-0.15, -0.1) is 0 Å². The van der Waals surface area contributed by atoms with E-state index in [1.54, 1.807) is 10.6 Å². The molecule has 29 heavy (non-hydrogen) atoms. The van der Waals surface area contributed by atoms with E-state index in [4.69, 9.17) is 9.72 Å². The highest BCUT2D eigenvalue weighted by Gasteiger charge is 2.16. The van der Waals surface area contributed by atoms with Gasteiger partial charge < -0.3 is 9.30 Å². The number of hydrogen-bond acceptors (Lipinski definition) is 4. The number of rotatable bonds is 6. The summed E-state index contributed by atoms with van der Waals surface area (Å²) >= 11 is 0. The van der Waals surface area contributed by atoms with E-state index >= 15 is 0 Å². The minimum absolute atomic E-state index is 0.0168. The van der Waals surface area contributed by atoms with Gasteiger partial charge in [-0.2, -0.15) is 5.10 Å². The van der Waals surface area contributed by atoms with Crippen molar-refractivity contribution in [3.63, 3.8) is 0 Å². The number of pyridine rings is 2. The van der Waals surface area contributed by atoms with Crippen molar-refractivity contribution in [1.82, 2.24) is 19.3 Å². The average Bonchev–Trinajstić information content (AvgIpc) is 3.20. The Kier molecular flexibility index (Phi) is 5.90. The van der Waals surface area contributed by atoms with Crippen LogP contribution in [0.25, 0.3) is 16.8 Å². The van der Waals surface area contributed by atoms with E-state index in [-0.39, 0.29) is 5.56 Å². The molecule has 0 saturated carbocycles. The second-order valence-electron chi connectivity index (χ2n) is 7.84. The molecule has 6 heteroatoms. The Labute approximate surface area is 171 Å². The van der Waals surface area contributed by atoms with Crippen LogP contribution in [0.3, 0.4) is 0 Å². The lowest BCUT2D eigenvalue weighted by Gasteiger charge is -2.21. The molecule has 0 spiro atoms. The van der Waals surface area contributed by atoms with E-state index < -0.39 is 0 Å². The van der Waals surface area contributed by atoms with Crippen molar-refractivity contribution in [1.29, 1.82) is 0 Å². The summed E-state index contributed by atoms with van der Waals surface area (Å²) in [6.07, 6.45) is 11.9. The zero-order chi connectivity index (χ0) is 20.2. The second-order valence-corrected chi connectivity index (χ2v) is 7.84. The van der Waals surface area contributed by atoms with Crippen LogP contribution in [0.2, 0.25) is 0 Å². The maximum atomic E-state index is 12.0. The summed E-state index contributed by atoms with van der Waals surface area (Å²) in [4.78, 5) is 16.7. The average molecular weight is 393 g/mol. The Bertz CT molecular complexity index is 1030. The van der Waals surface area contributed by atoms with Crippen LogP contribution >= 0.6 is 0 Å². The van der Waals surface area contributed by atoms with E-state index in [0.717, 1.165) is 61.4 Å². The Hall–Kier alpha value is -2.73. The number of ether oxygens (including phenoxy) is 1. The minimum Gasteiger partial charge on any atom is -0.381 e. The molecule has 0 amide bonds. The fourth-order valence-corrected chi connectivity index (χ4v) is 3.95. The fraction of sp³-hybridized carbons (Fsp3) is 0.435. The summed E-state index contributed by atoms with van der Waals surface area (Å²) in [6.45, 7) is 6.63. The quantitative estimate of drug-likeness (QED) is 0.640. The third-order valence-corrected chi connectivity index (χ3v) is 5.60. The van der Waals surface area contributed by atoms with Crippen LogP contribution in [-0.2, 0) is 17.7 Å². The van der Waals surface area contributed by atoms with Crippen LogP contribution in [0.15, 0.2) is 47.8 Å². The number of hydrogen-bond donors (Lipinski definition) is 0. The molecule has 0 aromatic carbocycles. The molecule has 0 N–H and O–H groups in total. The van der Waals surface area contributed by atoms with Crippen molar-refractivity contribution in [2.45, 2.75) is 46.1 Å². The molecule has 4 heterocycles. The number of aryl methyl sites for hydroxylation is 2. The Morgan fingerprint density at radius 2 is 2.00 bits per heavy atom. The standard InChI is InChI=1S/C23H28N4O2/c1-3-8-26-16-21(4-5-23(26)28)27-15-19(13-25-27)22-14-24-20(11-17(22)2)12-18-6-9-29-10-7-18/h4-5,11,13-16,18H,3,6-10,12H2,1-2H3. The Morgan fingerprint density at radius 1 is 1.17 bits per heavy atom. The molecule has 0 aliphatic carbocycles. The molecule has 3 aromatic heterocycles. The van der Waals surface area contributed by atoms with E-state index in [1.807, 2.05) is 35.5 Å². The first-order chi connectivity index (χ1) is 14.1. The molecule has 0 bridgehead atoms. The molecule has 0 atom stereocenters. The summed E-state index contributed by atoms with van der Waals surface area (Å²) in [5.74, 6) is 0.669. The topological polar surface area (TPSA) is 61.9 Å². The molecule has 1 fully saturated rings. The normalized spacial score (nSPS) is 15.0. The molecule has 3 aromatic rings. The molecule has 152 valence electrons. The van der Waals surface area contributed by atoms with E-state index in [9.17, 15) is 4.79 Å². The predicted octanol–water partition coefficient (Wildman–Crippen LogP) is 3.78. The molecule has 1 aliphatic heterocycles. The van der Waals surface area contributed by atoms with Gasteiger partial charge in [0.25, 0.3) is 5.56 Å². The zero-order valence-corrected chi connectivity index (χ0v) is 17.2. The van der Waals surface area contributed by atoms with Crippen molar-refractivity contribution >= 4 is 0 Å². The predicted molar refractivity (Wildman–Crippen MR) is 113 cm³/mol. The molecule has 0 radical (unpaired) electrons. The van der Waals surface area contributed by atoms with E-state index in [0.29, 0.717) is 12.5 Å². The lowest BCUT2D eigenvalue weighted by molar-refractivity contribution is 0.0663. The SMILES string of the molecule is CCCn1cc(-n2cc(-c3cnc(CC4CCOCC4)cc3C)cn2)ccc1=O. The maximum Gasteiger partial charge on any atom is 0.250 e. The van der Waals surface area contributed by atoms with E-state index in [2.05, 4.69) is 25.0 Å². The van der Waals surface area contributed by atoms with Gasteiger partial charge in [-0.3, -0.25) is 9.78 Å². The van der Waals surface area contributed by atoms with Crippen molar-refractivity contribution in [3.05, 3.63) is 64.6 Å². The summed E-state index contributed by atoms with van der Waals surface area (Å²) in [6, 6.07) is 5.61. The first-order valence-electron chi connectivity index (χ1n) is 10.4. The van der Waals surface area contributed by atoms with Gasteiger partial charge in [0.2, 0.25) is 0 Å². The second kappa shape index (κ2) is 8.74. The van der Waals surface area contributed by atoms with Gasteiger partial charge >= 0.3 is 0 Å². The largest absolute Gasteiger partial charge is 0.381 e. The fourth-order valence-electron chi connectivity index (χ4n) is 3.95. The summed E-state index contributed by atoms with van der Waals surface area (Å²) in [7, 11) is 0. The number of nitrogens with zero attached hydrogens (tertiary/aromatic N) is 4. The van der Waals surface area contributed by atoms with Gasteiger partial charge in [-0.25, -0.2) is 4.68 Å². The minimum atomic E-state index is 0.0168. The highest BCUT2D eigenvalue weighted by Crippen LogP contribution is 2.25. The van der Waals surface area contributed by atoms with Gasteiger partial charge in [0.15, 0.2) is 0 Å². The summed E-state index contributed by atoms with van der Waals surface area (Å²) in [5.41, 5.74) is 5.37. The summed E-state index contributed by atoms with van der Waals surface area (Å²) in [5, 5.41) is 4.51. The van der Waals surface area contributed by atoms with Crippen molar-refractivity contribution < 1.29 is 4.74 Å². The van der Waals surface area contributed by atoms with Gasteiger partial charge in [-0.05, 0) is 56.2 Å². The monoisotopic (exact) mass is 392 g/mol. The molecular weight excluding hydrogens is 364 g/mol. The van der Waals surface area contributed by atoms with Gasteiger partial charge in [0.05, 0.1) is 11.9 Å². The van der Waals surface area contributed by atoms with Crippen molar-refractivity contribution in [2.24, 2.45) is 5.92 Å². The van der Waals surface area contributed by atoms with Crippen LogP contribution in [-0.4, -0.2) is 32.5 Å². The Balaban J connectivity index is 1.54. The van der Waals surface area contributed by atoms with Gasteiger partial charge in [0, 0.05) is 61.2 Å². The third-order valence-electron chi connectivity index (χ3n) is 5.60. The van der Waals surface area contributed by atoms with Crippen molar-refractivity contribution in [2.75, 3.05) is 13.2 Å². The first-order valence-corrected chi connectivity index (χ1v) is 10.4. The van der Waals surface area contributed by atoms with Gasteiger partial charge in [0.1, 0.15) is 0 Å². The molecule has 1 saturated heterocycles. The van der Waals surface area contributed by atoms with E-state index in [1.165, 1.54) is 5.56 Å². The smallest absolute Gasteiger partial charge is 0.250 e. The van der Waals surface area contributed by atoms with Crippen LogP contribution in [0.1, 0.15) is 37.4 Å². The molecular formula is C23H28N4O2. The van der Waals surface area contributed by atoms with Crippen LogP contribution < -0.4 is 5.56 Å². The third kappa shape index (κ3) is 4.48. The molecule has 1 aliphatic rings. The Morgan fingerprint density at radius 3 is 2.76 bits per heavy atom. The van der Waals surface area contributed by atoms with Crippen LogP contribution in [0.5, 0.6) is 0 Å². The maximum absolute atomic E-state index is 12.0. The van der Waals surface area contributed by atoms with Crippen molar-refractivity contribution in [3.8, 4) is 16.8 Å². The van der Waals surface area contributed by atoms with Gasteiger partial charge in [-0.1, -0.05) is 6.92 Å².